The summed E-state index contributed by atoms with van der Waals surface area (Å²) in [6, 6.07) is 6.02. The van der Waals surface area contributed by atoms with Crippen molar-refractivity contribution in [3.8, 4) is 0 Å². The number of benzene rings is 1. The lowest BCUT2D eigenvalue weighted by molar-refractivity contribution is -0.192. The molecule has 0 bridgehead atoms. The number of hydrogen-bond donors (Lipinski definition) is 0. The molecule has 1 aliphatic carbocycles. The normalized spacial score (nSPS) is 24.9. The number of aryl methyl sites for hydroxylation is 2. The van der Waals surface area contributed by atoms with E-state index in [1.807, 2.05) is 38.1 Å². The van der Waals surface area contributed by atoms with Crippen LogP contribution in [0.5, 0.6) is 0 Å². The van der Waals surface area contributed by atoms with Gasteiger partial charge in [-0.2, -0.15) is 5.06 Å². The van der Waals surface area contributed by atoms with Crippen LogP contribution in [0.1, 0.15) is 49.3 Å². The summed E-state index contributed by atoms with van der Waals surface area (Å²) in [5.41, 5.74) is 2.90. The highest BCUT2D eigenvalue weighted by Gasteiger charge is 2.50. The first-order valence-electron chi connectivity index (χ1n) is 9.43. The molecule has 1 fully saturated rings. The van der Waals surface area contributed by atoms with E-state index in [1.165, 1.54) is 5.06 Å². The number of nitrogens with zero attached hydrogens (tertiary/aromatic N) is 1. The van der Waals surface area contributed by atoms with Crippen LogP contribution < -0.4 is 0 Å². The van der Waals surface area contributed by atoms with Gasteiger partial charge in [0.2, 0.25) is 0 Å². The molecule has 6 nitrogen and oxygen atoms in total. The maximum absolute atomic E-state index is 13.2. The summed E-state index contributed by atoms with van der Waals surface area (Å²) >= 11 is 0. The summed E-state index contributed by atoms with van der Waals surface area (Å²) in [6.07, 6.45) is 4.22. The van der Waals surface area contributed by atoms with Crippen LogP contribution in [0.15, 0.2) is 24.3 Å². The number of amides is 1. The van der Waals surface area contributed by atoms with Gasteiger partial charge in [0.1, 0.15) is 5.54 Å². The van der Waals surface area contributed by atoms with E-state index < -0.39 is 11.7 Å². The van der Waals surface area contributed by atoms with Crippen LogP contribution >= 0.6 is 0 Å². The van der Waals surface area contributed by atoms with Gasteiger partial charge in [-0.1, -0.05) is 23.8 Å². The first kappa shape index (κ1) is 19.4. The summed E-state index contributed by atoms with van der Waals surface area (Å²) < 4.78 is 10.4. The average molecular weight is 373 g/mol. The Bertz CT molecular complexity index is 762. The molecule has 146 valence electrons. The maximum atomic E-state index is 13.2. The van der Waals surface area contributed by atoms with E-state index in [1.54, 1.807) is 14.0 Å². The van der Waals surface area contributed by atoms with Gasteiger partial charge >= 0.3 is 6.16 Å². The van der Waals surface area contributed by atoms with Crippen LogP contribution in [0.2, 0.25) is 0 Å². The molecule has 0 aromatic heterocycles. The number of carbonyl (C=O) groups is 2. The molecule has 1 aromatic carbocycles. The lowest BCUT2D eigenvalue weighted by Crippen LogP contribution is -2.50. The van der Waals surface area contributed by atoms with Crippen LogP contribution in [-0.4, -0.2) is 42.5 Å². The van der Waals surface area contributed by atoms with E-state index >= 15 is 0 Å². The Balaban J connectivity index is 1.98. The van der Waals surface area contributed by atoms with E-state index in [0.29, 0.717) is 18.4 Å². The molecule has 1 heterocycles. The predicted molar refractivity (Wildman–Crippen MR) is 101 cm³/mol. The first-order chi connectivity index (χ1) is 12.9. The fourth-order valence-corrected chi connectivity index (χ4v) is 3.95. The molecule has 1 amide bonds. The zero-order valence-corrected chi connectivity index (χ0v) is 16.4. The van der Waals surface area contributed by atoms with Crippen molar-refractivity contribution in [3.05, 3.63) is 41.0 Å². The Morgan fingerprint density at radius 3 is 2.59 bits per heavy atom. The second kappa shape index (κ2) is 7.72. The molecular weight excluding hydrogens is 346 g/mol. The third-order valence-corrected chi connectivity index (χ3v) is 5.48. The van der Waals surface area contributed by atoms with Crippen molar-refractivity contribution >= 4 is 17.6 Å². The Hall–Kier alpha value is -2.34. The van der Waals surface area contributed by atoms with E-state index in [9.17, 15) is 9.59 Å². The van der Waals surface area contributed by atoms with Crippen molar-refractivity contribution in [2.24, 2.45) is 0 Å². The first-order valence-corrected chi connectivity index (χ1v) is 9.43. The van der Waals surface area contributed by atoms with Gasteiger partial charge < -0.3 is 14.3 Å². The number of rotatable bonds is 4. The summed E-state index contributed by atoms with van der Waals surface area (Å²) in [5.74, 6) is -0.299. The van der Waals surface area contributed by atoms with Gasteiger partial charge in [-0.05, 0) is 63.7 Å². The van der Waals surface area contributed by atoms with E-state index in [0.717, 1.165) is 29.5 Å². The predicted octanol–water partition coefficient (Wildman–Crippen LogP) is 3.94. The maximum Gasteiger partial charge on any atom is 0.533 e. The van der Waals surface area contributed by atoms with Crippen molar-refractivity contribution < 1.29 is 23.9 Å². The van der Waals surface area contributed by atoms with Crippen LogP contribution in [0.3, 0.4) is 0 Å². The summed E-state index contributed by atoms with van der Waals surface area (Å²) in [5, 5.41) is 1.23. The van der Waals surface area contributed by atoms with E-state index in [4.69, 9.17) is 14.3 Å². The molecule has 0 N–H and O–H groups in total. The zero-order chi connectivity index (χ0) is 19.6. The van der Waals surface area contributed by atoms with Crippen LogP contribution in [-0.2, 0) is 19.1 Å². The second-order valence-corrected chi connectivity index (χ2v) is 7.29. The number of hydroxylamine groups is 2. The highest BCUT2D eigenvalue weighted by atomic mass is 16.8. The van der Waals surface area contributed by atoms with Crippen molar-refractivity contribution in [1.82, 2.24) is 5.06 Å². The van der Waals surface area contributed by atoms with Gasteiger partial charge in [0.25, 0.3) is 5.91 Å². The number of ether oxygens (including phenoxy) is 2. The molecule has 3 rings (SSSR count). The Morgan fingerprint density at radius 1 is 1.26 bits per heavy atom. The second-order valence-electron chi connectivity index (χ2n) is 7.29. The Kier molecular flexibility index (Phi) is 5.56. The summed E-state index contributed by atoms with van der Waals surface area (Å²) in [4.78, 5) is 30.6. The molecule has 1 saturated carbocycles. The van der Waals surface area contributed by atoms with Crippen molar-refractivity contribution in [1.29, 1.82) is 0 Å². The molecule has 1 aliphatic heterocycles. The molecule has 1 aromatic rings. The molecule has 0 atom stereocenters. The summed E-state index contributed by atoms with van der Waals surface area (Å²) in [6.45, 7) is 5.87. The van der Waals surface area contributed by atoms with E-state index in [-0.39, 0.29) is 18.6 Å². The largest absolute Gasteiger partial charge is 0.533 e. The number of carbonyl (C=O) groups excluding carboxylic acids is 2. The standard InChI is InChI=1S/C21H27NO5/c1-5-26-20(24)27-22-19(23)18(17-12-14(2)6-7-15(17)3)13-21(22)10-8-16(25-4)9-11-21/h6-7,12-13,16H,5,8-11H2,1-4H3. The fourth-order valence-electron chi connectivity index (χ4n) is 3.95. The van der Waals surface area contributed by atoms with Crippen LogP contribution in [0, 0.1) is 13.8 Å². The minimum absolute atomic E-state index is 0.160. The van der Waals surface area contributed by atoms with Crippen molar-refractivity contribution in [2.75, 3.05) is 13.7 Å². The van der Waals surface area contributed by atoms with Gasteiger partial charge in [0.05, 0.1) is 12.7 Å². The molecular formula is C21H27NO5. The van der Waals surface area contributed by atoms with E-state index in [2.05, 4.69) is 0 Å². The smallest absolute Gasteiger partial charge is 0.433 e. The van der Waals surface area contributed by atoms with Crippen molar-refractivity contribution in [3.63, 3.8) is 0 Å². The highest BCUT2D eigenvalue weighted by Crippen LogP contribution is 2.44. The van der Waals surface area contributed by atoms with Crippen LogP contribution in [0.25, 0.3) is 5.57 Å². The molecule has 0 radical (unpaired) electrons. The van der Waals surface area contributed by atoms with Gasteiger partial charge in [-0.25, -0.2) is 4.79 Å². The molecule has 0 unspecified atom stereocenters. The topological polar surface area (TPSA) is 65.1 Å². The van der Waals surface area contributed by atoms with Gasteiger partial charge in [0.15, 0.2) is 0 Å². The Morgan fingerprint density at radius 2 is 1.96 bits per heavy atom. The lowest BCUT2D eigenvalue weighted by atomic mass is 9.80. The minimum Gasteiger partial charge on any atom is -0.433 e. The molecule has 0 saturated heterocycles. The van der Waals surface area contributed by atoms with Crippen molar-refractivity contribution in [2.45, 2.75) is 58.1 Å². The third kappa shape index (κ3) is 3.72. The average Bonchev–Trinajstić information content (AvgIpc) is 2.90. The van der Waals surface area contributed by atoms with Gasteiger partial charge in [0, 0.05) is 12.7 Å². The monoisotopic (exact) mass is 373 g/mol. The molecule has 6 heteroatoms. The lowest BCUT2D eigenvalue weighted by Gasteiger charge is -2.40. The fraction of sp³-hybridized carbons (Fsp3) is 0.524. The Labute approximate surface area is 160 Å². The SMILES string of the molecule is CCOC(=O)ON1C(=O)C(c2cc(C)ccc2C)=CC12CCC(OC)CC2. The highest BCUT2D eigenvalue weighted by molar-refractivity contribution is 6.22. The molecule has 2 aliphatic rings. The zero-order valence-electron chi connectivity index (χ0n) is 16.4. The summed E-state index contributed by atoms with van der Waals surface area (Å²) in [7, 11) is 1.70. The van der Waals surface area contributed by atoms with Crippen LogP contribution in [0.4, 0.5) is 4.79 Å². The minimum atomic E-state index is -0.852. The van der Waals surface area contributed by atoms with Gasteiger partial charge in [-0.15, -0.1) is 0 Å². The molecule has 1 spiro atoms. The quantitative estimate of drug-likeness (QED) is 0.748. The number of methoxy groups -OCH3 is 1. The van der Waals surface area contributed by atoms with Gasteiger partial charge in [-0.3, -0.25) is 4.79 Å². The third-order valence-electron chi connectivity index (χ3n) is 5.48. The molecule has 27 heavy (non-hydrogen) atoms. The number of hydrogen-bond acceptors (Lipinski definition) is 5.